The van der Waals surface area contributed by atoms with Gasteiger partial charge in [-0.05, 0) is 12.5 Å². The third-order valence-electron chi connectivity index (χ3n) is 2.23. The molecule has 1 amide bonds. The van der Waals surface area contributed by atoms with Crippen molar-refractivity contribution in [2.45, 2.75) is 28.7 Å². The summed E-state index contributed by atoms with van der Waals surface area (Å²) in [7, 11) is 0. The van der Waals surface area contributed by atoms with Gasteiger partial charge in [-0.3, -0.25) is 4.79 Å². The van der Waals surface area contributed by atoms with E-state index in [-0.39, 0.29) is 20.8 Å². The summed E-state index contributed by atoms with van der Waals surface area (Å²) in [5.74, 6) is 2.01. The van der Waals surface area contributed by atoms with Gasteiger partial charge < -0.3 is 10.1 Å². The summed E-state index contributed by atoms with van der Waals surface area (Å²) < 4.78 is 5.15. The van der Waals surface area contributed by atoms with Gasteiger partial charge in [-0.2, -0.15) is 11.8 Å². The molecule has 0 aliphatic heterocycles. The van der Waals surface area contributed by atoms with Gasteiger partial charge in [-0.25, -0.2) is 0 Å². The molecule has 1 N–H and O–H groups in total. The smallest absolute Gasteiger partial charge is 0.216 e. The summed E-state index contributed by atoms with van der Waals surface area (Å²) in [6, 6.07) is 10.0. The molecule has 0 saturated heterocycles. The molecule has 4 heteroatoms. The van der Waals surface area contributed by atoms with Crippen molar-refractivity contribution in [1.29, 1.82) is 0 Å². The minimum Gasteiger partial charge on any atom is -0.381 e. The molecular weight excluding hydrogens is 294 g/mol. The second-order valence-electron chi connectivity index (χ2n) is 3.91. The van der Waals surface area contributed by atoms with Gasteiger partial charge in [0.15, 0.2) is 0 Å². The number of rotatable bonds is 8. The molecule has 1 aromatic carbocycles. The van der Waals surface area contributed by atoms with Gasteiger partial charge in [0.05, 0.1) is 6.61 Å². The molecular formula is C18H33NO2S. The predicted octanol–water partition coefficient (Wildman–Crippen LogP) is 4.49. The normalized spacial score (nSPS) is 8.45. The van der Waals surface area contributed by atoms with Crippen molar-refractivity contribution in [3.05, 3.63) is 42.5 Å². The third-order valence-corrected chi connectivity index (χ3v) is 3.18. The van der Waals surface area contributed by atoms with Gasteiger partial charge in [0.2, 0.25) is 5.91 Å². The van der Waals surface area contributed by atoms with E-state index in [0.717, 1.165) is 31.3 Å². The van der Waals surface area contributed by atoms with Crippen molar-refractivity contribution < 1.29 is 9.53 Å². The van der Waals surface area contributed by atoms with Gasteiger partial charge in [-0.15, -0.1) is 0 Å². The van der Waals surface area contributed by atoms with E-state index in [4.69, 9.17) is 4.74 Å². The van der Waals surface area contributed by atoms with Crippen LogP contribution in [0.15, 0.2) is 36.9 Å². The van der Waals surface area contributed by atoms with Crippen LogP contribution in [-0.4, -0.2) is 37.2 Å². The second kappa shape index (κ2) is 19.7. The molecule has 0 unspecified atom stereocenters. The lowest BCUT2D eigenvalue weighted by molar-refractivity contribution is -0.118. The molecule has 0 saturated carbocycles. The molecule has 1 rings (SSSR count). The van der Waals surface area contributed by atoms with Crippen molar-refractivity contribution in [2.75, 3.05) is 31.3 Å². The van der Waals surface area contributed by atoms with Crippen molar-refractivity contribution in [1.82, 2.24) is 5.32 Å². The largest absolute Gasteiger partial charge is 0.381 e. The fourth-order valence-corrected chi connectivity index (χ4v) is 1.94. The zero-order chi connectivity index (χ0) is 15.1. The summed E-state index contributed by atoms with van der Waals surface area (Å²) in [5, 5.41) is 2.74. The van der Waals surface area contributed by atoms with Crippen molar-refractivity contribution in [3.8, 4) is 0 Å². The molecule has 1 aromatic rings. The molecule has 128 valence electrons. The van der Waals surface area contributed by atoms with Gasteiger partial charge in [-0.1, -0.05) is 57.8 Å². The van der Waals surface area contributed by atoms with E-state index in [1.165, 1.54) is 12.5 Å². The lowest BCUT2D eigenvalue weighted by Crippen LogP contribution is -2.22. The predicted molar refractivity (Wildman–Crippen MR) is 102 cm³/mol. The SMILES string of the molecule is C.C.C=Cc1ccccc1.CCOCCSCCNC(C)=O. The van der Waals surface area contributed by atoms with E-state index in [9.17, 15) is 4.79 Å². The zero-order valence-electron chi connectivity index (χ0n) is 12.4. The van der Waals surface area contributed by atoms with Crippen LogP contribution in [0.4, 0.5) is 0 Å². The Morgan fingerprint density at radius 1 is 1.27 bits per heavy atom. The summed E-state index contributed by atoms with van der Waals surface area (Å²) in [6.45, 7) is 9.50. The van der Waals surface area contributed by atoms with Crippen LogP contribution < -0.4 is 5.32 Å². The Hall–Kier alpha value is -1.26. The minimum atomic E-state index is 0. The Morgan fingerprint density at radius 3 is 2.36 bits per heavy atom. The first-order chi connectivity index (χ1) is 9.70. The number of carbonyl (C=O) groups excluding carboxylic acids is 1. The zero-order valence-corrected chi connectivity index (χ0v) is 13.2. The molecule has 0 atom stereocenters. The summed E-state index contributed by atoms with van der Waals surface area (Å²) >= 11 is 1.80. The second-order valence-corrected chi connectivity index (χ2v) is 5.13. The molecule has 22 heavy (non-hydrogen) atoms. The Bertz CT molecular complexity index is 355. The maximum absolute atomic E-state index is 10.4. The van der Waals surface area contributed by atoms with Crippen LogP contribution in [0, 0.1) is 0 Å². The van der Waals surface area contributed by atoms with Gasteiger partial charge in [0.1, 0.15) is 0 Å². The van der Waals surface area contributed by atoms with Crippen LogP contribution >= 0.6 is 11.8 Å². The standard InChI is InChI=1S/C8H17NO2S.C8H8.2CH4/c1-3-11-5-7-12-6-4-9-8(2)10;1-2-8-6-4-3-5-7-8;;/h3-7H2,1-2H3,(H,9,10);2-7H,1H2;2*1H4. The van der Waals surface area contributed by atoms with Crippen molar-refractivity contribution in [2.24, 2.45) is 0 Å². The van der Waals surface area contributed by atoms with Gasteiger partial charge in [0.25, 0.3) is 0 Å². The molecule has 0 radical (unpaired) electrons. The van der Waals surface area contributed by atoms with Crippen molar-refractivity contribution in [3.63, 3.8) is 0 Å². The highest BCUT2D eigenvalue weighted by Gasteiger charge is 1.91. The van der Waals surface area contributed by atoms with E-state index in [2.05, 4.69) is 11.9 Å². The lowest BCUT2D eigenvalue weighted by Gasteiger charge is -2.02. The number of ether oxygens (including phenoxy) is 1. The molecule has 0 spiro atoms. The topological polar surface area (TPSA) is 38.3 Å². The van der Waals surface area contributed by atoms with Crippen LogP contribution in [0.1, 0.15) is 34.3 Å². The number of benzene rings is 1. The molecule has 0 fully saturated rings. The van der Waals surface area contributed by atoms with E-state index < -0.39 is 0 Å². The van der Waals surface area contributed by atoms with Crippen LogP contribution in [0.2, 0.25) is 0 Å². The van der Waals surface area contributed by atoms with E-state index in [1.807, 2.05) is 43.3 Å². The monoisotopic (exact) mass is 327 g/mol. The molecule has 0 aliphatic rings. The van der Waals surface area contributed by atoms with Crippen LogP contribution in [-0.2, 0) is 9.53 Å². The van der Waals surface area contributed by atoms with Gasteiger partial charge >= 0.3 is 0 Å². The average molecular weight is 328 g/mol. The van der Waals surface area contributed by atoms with Crippen LogP contribution in [0.25, 0.3) is 6.08 Å². The Kier molecular flexibility index (Phi) is 23.0. The quantitative estimate of drug-likeness (QED) is 0.715. The van der Waals surface area contributed by atoms with E-state index in [0.29, 0.717) is 0 Å². The highest BCUT2D eigenvalue weighted by molar-refractivity contribution is 7.99. The molecule has 0 aliphatic carbocycles. The summed E-state index contributed by atoms with van der Waals surface area (Å²) in [5.41, 5.74) is 1.17. The fraction of sp³-hybridized carbons (Fsp3) is 0.500. The number of thioether (sulfide) groups is 1. The lowest BCUT2D eigenvalue weighted by atomic mass is 10.2. The Labute approximate surface area is 141 Å². The van der Waals surface area contributed by atoms with E-state index >= 15 is 0 Å². The summed E-state index contributed by atoms with van der Waals surface area (Å²) in [4.78, 5) is 10.4. The first kappa shape index (κ1) is 25.7. The molecule has 0 heterocycles. The highest BCUT2D eigenvalue weighted by Crippen LogP contribution is 1.98. The minimum absolute atomic E-state index is 0. The summed E-state index contributed by atoms with van der Waals surface area (Å²) in [6.07, 6.45) is 1.83. The first-order valence-electron chi connectivity index (χ1n) is 6.78. The maximum Gasteiger partial charge on any atom is 0.216 e. The molecule has 3 nitrogen and oxygen atoms in total. The number of hydrogen-bond acceptors (Lipinski definition) is 3. The first-order valence-corrected chi connectivity index (χ1v) is 7.93. The Balaban J connectivity index is -0.000000318. The number of amides is 1. The Morgan fingerprint density at radius 2 is 1.91 bits per heavy atom. The average Bonchev–Trinajstić information content (AvgIpc) is 2.47. The highest BCUT2D eigenvalue weighted by atomic mass is 32.2. The molecule has 0 aromatic heterocycles. The molecule has 0 bridgehead atoms. The van der Waals surface area contributed by atoms with Gasteiger partial charge in [0, 0.05) is 31.6 Å². The van der Waals surface area contributed by atoms with Crippen molar-refractivity contribution >= 4 is 23.7 Å². The third kappa shape index (κ3) is 18.7. The number of hydrogen-bond donors (Lipinski definition) is 1. The van der Waals surface area contributed by atoms with E-state index in [1.54, 1.807) is 11.8 Å². The fourth-order valence-electron chi connectivity index (χ4n) is 1.25. The number of carbonyl (C=O) groups is 1. The van der Waals surface area contributed by atoms with Crippen LogP contribution in [0.5, 0.6) is 0 Å². The van der Waals surface area contributed by atoms with Crippen LogP contribution in [0.3, 0.4) is 0 Å². The maximum atomic E-state index is 10.4. The number of nitrogens with one attached hydrogen (secondary N) is 1.